The maximum atomic E-state index is 12.7. The first-order valence-electron chi connectivity index (χ1n) is 5.01. The lowest BCUT2D eigenvalue weighted by Crippen LogP contribution is -2.34. The van der Waals surface area contributed by atoms with Crippen molar-refractivity contribution >= 4 is 0 Å². The first-order chi connectivity index (χ1) is 7.24. The predicted molar refractivity (Wildman–Crippen MR) is 56.8 cm³/mol. The third-order valence-corrected chi connectivity index (χ3v) is 2.43. The van der Waals surface area contributed by atoms with Gasteiger partial charge in [-0.25, -0.2) is 4.39 Å². The number of nitrogens with zero attached hydrogens (tertiary/aromatic N) is 1. The van der Waals surface area contributed by atoms with Crippen LogP contribution in [0.5, 0.6) is 0 Å². The van der Waals surface area contributed by atoms with E-state index in [1.54, 1.807) is 0 Å². The number of morpholine rings is 1. The van der Waals surface area contributed by atoms with Crippen LogP contribution in [-0.2, 0) is 11.3 Å². The summed E-state index contributed by atoms with van der Waals surface area (Å²) in [6.07, 6.45) is 0. The maximum absolute atomic E-state index is 12.7. The van der Waals surface area contributed by atoms with Crippen LogP contribution < -0.4 is 0 Å². The van der Waals surface area contributed by atoms with Gasteiger partial charge in [-0.15, -0.1) is 0 Å². The summed E-state index contributed by atoms with van der Waals surface area (Å²) >= 11 is 0. The Balaban J connectivity index is 1.96. The molecule has 0 radical (unpaired) electrons. The van der Waals surface area contributed by atoms with Crippen molar-refractivity contribution in [1.82, 2.24) is 4.90 Å². The molecule has 0 N–H and O–H groups in total. The van der Waals surface area contributed by atoms with Gasteiger partial charge in [0.2, 0.25) is 0 Å². The standard InChI is InChI=1S/C12H14FNO/c1-10-8-14(6-7-15-10)9-11-2-4-12(13)5-3-11/h2-5H,1,6-9H2. The first-order valence-corrected chi connectivity index (χ1v) is 5.01. The molecule has 2 nitrogen and oxygen atoms in total. The number of halogens is 1. The average molecular weight is 207 g/mol. The van der Waals surface area contributed by atoms with Gasteiger partial charge < -0.3 is 4.74 Å². The van der Waals surface area contributed by atoms with E-state index in [-0.39, 0.29) is 5.82 Å². The largest absolute Gasteiger partial charge is 0.496 e. The Morgan fingerprint density at radius 3 is 2.73 bits per heavy atom. The van der Waals surface area contributed by atoms with E-state index in [1.807, 2.05) is 12.1 Å². The minimum Gasteiger partial charge on any atom is -0.496 e. The monoisotopic (exact) mass is 207 g/mol. The number of ether oxygens (including phenoxy) is 1. The highest BCUT2D eigenvalue weighted by atomic mass is 19.1. The molecule has 1 heterocycles. The van der Waals surface area contributed by atoms with Crippen molar-refractivity contribution in [2.24, 2.45) is 0 Å². The van der Waals surface area contributed by atoms with Crippen LogP contribution in [-0.4, -0.2) is 24.6 Å². The van der Waals surface area contributed by atoms with Crippen molar-refractivity contribution in [3.05, 3.63) is 48.0 Å². The Labute approximate surface area is 89.0 Å². The van der Waals surface area contributed by atoms with Crippen molar-refractivity contribution in [1.29, 1.82) is 0 Å². The van der Waals surface area contributed by atoms with Crippen LogP contribution in [0.4, 0.5) is 4.39 Å². The van der Waals surface area contributed by atoms with Gasteiger partial charge >= 0.3 is 0 Å². The zero-order valence-corrected chi connectivity index (χ0v) is 8.58. The molecule has 0 amide bonds. The molecule has 15 heavy (non-hydrogen) atoms. The lowest BCUT2D eigenvalue weighted by molar-refractivity contribution is 0.0907. The van der Waals surface area contributed by atoms with Gasteiger partial charge in [-0.2, -0.15) is 0 Å². The smallest absolute Gasteiger partial charge is 0.123 e. The summed E-state index contributed by atoms with van der Waals surface area (Å²) in [5, 5.41) is 0. The zero-order valence-electron chi connectivity index (χ0n) is 8.58. The molecule has 0 aliphatic carbocycles. The number of benzene rings is 1. The third-order valence-electron chi connectivity index (χ3n) is 2.43. The molecule has 1 aliphatic heterocycles. The second-order valence-electron chi connectivity index (χ2n) is 3.72. The minimum atomic E-state index is -0.190. The highest BCUT2D eigenvalue weighted by Gasteiger charge is 2.13. The van der Waals surface area contributed by atoms with Crippen LogP contribution in [0.25, 0.3) is 0 Å². The van der Waals surface area contributed by atoms with E-state index in [2.05, 4.69) is 11.5 Å². The molecule has 1 fully saturated rings. The van der Waals surface area contributed by atoms with Crippen LogP contribution in [0.15, 0.2) is 36.6 Å². The van der Waals surface area contributed by atoms with Crippen molar-refractivity contribution in [2.45, 2.75) is 6.54 Å². The van der Waals surface area contributed by atoms with Gasteiger partial charge in [-0.05, 0) is 17.7 Å². The number of rotatable bonds is 2. The van der Waals surface area contributed by atoms with E-state index in [1.165, 1.54) is 12.1 Å². The third kappa shape index (κ3) is 2.80. The van der Waals surface area contributed by atoms with Gasteiger partial charge in [0.05, 0.1) is 6.54 Å². The van der Waals surface area contributed by atoms with Gasteiger partial charge in [0.15, 0.2) is 0 Å². The van der Waals surface area contributed by atoms with E-state index in [4.69, 9.17) is 4.74 Å². The molecule has 0 saturated carbocycles. The summed E-state index contributed by atoms with van der Waals surface area (Å²) in [6, 6.07) is 6.61. The molecule has 0 bridgehead atoms. The first kappa shape index (κ1) is 10.2. The highest BCUT2D eigenvalue weighted by molar-refractivity contribution is 5.16. The lowest BCUT2D eigenvalue weighted by Gasteiger charge is -2.28. The van der Waals surface area contributed by atoms with Crippen LogP contribution in [0, 0.1) is 5.82 Å². The topological polar surface area (TPSA) is 12.5 Å². The fraction of sp³-hybridized carbons (Fsp3) is 0.333. The molecule has 0 atom stereocenters. The number of hydrogen-bond donors (Lipinski definition) is 0. The Hall–Kier alpha value is -1.35. The highest BCUT2D eigenvalue weighted by Crippen LogP contribution is 2.11. The molecule has 3 heteroatoms. The van der Waals surface area contributed by atoms with E-state index in [9.17, 15) is 4.39 Å². The second-order valence-corrected chi connectivity index (χ2v) is 3.72. The molecule has 0 aromatic heterocycles. The zero-order chi connectivity index (χ0) is 10.7. The molecule has 0 spiro atoms. The van der Waals surface area contributed by atoms with Crippen LogP contribution in [0.2, 0.25) is 0 Å². The van der Waals surface area contributed by atoms with Gasteiger partial charge in [0.25, 0.3) is 0 Å². The fourth-order valence-electron chi connectivity index (χ4n) is 1.68. The molecule has 1 aromatic rings. The minimum absolute atomic E-state index is 0.190. The molecule has 2 rings (SSSR count). The SMILES string of the molecule is C=C1CN(Cc2ccc(F)cc2)CCO1. The van der Waals surface area contributed by atoms with Crippen molar-refractivity contribution < 1.29 is 9.13 Å². The predicted octanol–water partition coefficient (Wildman–Crippen LogP) is 2.17. The van der Waals surface area contributed by atoms with Crippen LogP contribution in [0.3, 0.4) is 0 Å². The lowest BCUT2D eigenvalue weighted by atomic mass is 10.2. The fourth-order valence-corrected chi connectivity index (χ4v) is 1.68. The molecule has 80 valence electrons. The Morgan fingerprint density at radius 1 is 1.33 bits per heavy atom. The molecular formula is C12H14FNO. The summed E-state index contributed by atoms with van der Waals surface area (Å²) in [4.78, 5) is 2.24. The van der Waals surface area contributed by atoms with Crippen molar-refractivity contribution in [3.8, 4) is 0 Å². The summed E-state index contributed by atoms with van der Waals surface area (Å²) in [5.74, 6) is 0.619. The van der Waals surface area contributed by atoms with E-state index in [0.29, 0.717) is 6.61 Å². The van der Waals surface area contributed by atoms with Gasteiger partial charge in [0.1, 0.15) is 18.2 Å². The molecule has 1 saturated heterocycles. The Kier molecular flexibility index (Phi) is 3.02. The van der Waals surface area contributed by atoms with Gasteiger partial charge in [-0.3, -0.25) is 4.90 Å². The summed E-state index contributed by atoms with van der Waals surface area (Å²) in [5.41, 5.74) is 1.12. The van der Waals surface area contributed by atoms with E-state index >= 15 is 0 Å². The van der Waals surface area contributed by atoms with Gasteiger partial charge in [0, 0.05) is 13.1 Å². The quantitative estimate of drug-likeness (QED) is 0.737. The summed E-state index contributed by atoms with van der Waals surface area (Å²) in [6.45, 7) is 6.97. The van der Waals surface area contributed by atoms with Crippen LogP contribution >= 0.6 is 0 Å². The van der Waals surface area contributed by atoms with Crippen molar-refractivity contribution in [2.75, 3.05) is 19.7 Å². The second kappa shape index (κ2) is 4.45. The normalized spacial score (nSPS) is 17.5. The summed E-state index contributed by atoms with van der Waals surface area (Å²) < 4.78 is 17.9. The molecule has 0 unspecified atom stereocenters. The van der Waals surface area contributed by atoms with E-state index < -0.39 is 0 Å². The Bertz CT molecular complexity index is 347. The maximum Gasteiger partial charge on any atom is 0.123 e. The van der Waals surface area contributed by atoms with Crippen molar-refractivity contribution in [3.63, 3.8) is 0 Å². The summed E-state index contributed by atoms with van der Waals surface area (Å²) in [7, 11) is 0. The molecule has 1 aliphatic rings. The number of hydrogen-bond acceptors (Lipinski definition) is 2. The van der Waals surface area contributed by atoms with Crippen LogP contribution in [0.1, 0.15) is 5.56 Å². The van der Waals surface area contributed by atoms with Gasteiger partial charge in [-0.1, -0.05) is 18.7 Å². The molecular weight excluding hydrogens is 193 g/mol. The Morgan fingerprint density at radius 2 is 2.07 bits per heavy atom. The van der Waals surface area contributed by atoms with E-state index in [0.717, 1.165) is 31.0 Å². The average Bonchev–Trinajstić information content (AvgIpc) is 2.22. The molecule has 1 aromatic carbocycles.